The van der Waals surface area contributed by atoms with Gasteiger partial charge < -0.3 is 15.5 Å². The Morgan fingerprint density at radius 2 is 1.88 bits per heavy atom. The van der Waals surface area contributed by atoms with Crippen LogP contribution in [-0.2, 0) is 16.6 Å². The minimum absolute atomic E-state index is 0.0344. The molecule has 7 nitrogen and oxygen atoms in total. The summed E-state index contributed by atoms with van der Waals surface area (Å²) in [6, 6.07) is 10.00. The van der Waals surface area contributed by atoms with E-state index in [4.69, 9.17) is 0 Å². The number of aromatic nitrogens is 2. The second-order valence-corrected chi connectivity index (χ2v) is 6.49. The van der Waals surface area contributed by atoms with Crippen molar-refractivity contribution in [3.8, 4) is 0 Å². The van der Waals surface area contributed by atoms with Gasteiger partial charge in [0.1, 0.15) is 5.82 Å². The third-order valence-electron chi connectivity index (χ3n) is 4.37. The molecule has 2 heterocycles. The van der Waals surface area contributed by atoms with Gasteiger partial charge in [0.2, 0.25) is 0 Å². The average molecular weight is 341 g/mol. The number of hydrogen-bond donors (Lipinski definition) is 2. The molecule has 0 aliphatic carbocycles. The Bertz CT molecular complexity index is 781. The quantitative estimate of drug-likeness (QED) is 0.827. The van der Waals surface area contributed by atoms with E-state index in [9.17, 15) is 9.59 Å². The number of anilines is 2. The molecular weight excluding hydrogens is 318 g/mol. The minimum Gasteiger partial charge on any atom is -0.369 e. The van der Waals surface area contributed by atoms with E-state index in [0.717, 1.165) is 24.3 Å². The lowest BCUT2D eigenvalue weighted by Gasteiger charge is -2.19. The predicted octanol–water partition coefficient (Wildman–Crippen LogP) is 1.37. The molecule has 1 aromatic carbocycles. The second kappa shape index (κ2) is 6.96. The molecule has 1 atom stereocenters. The largest absolute Gasteiger partial charge is 0.369 e. The van der Waals surface area contributed by atoms with Crippen molar-refractivity contribution in [2.75, 3.05) is 23.3 Å². The number of carbonyl (C=O) groups excluding carboxylic acids is 2. The number of nitrogens with one attached hydrogen (secondary N) is 2. The Balaban J connectivity index is 1.54. The van der Waals surface area contributed by atoms with Gasteiger partial charge in [-0.05, 0) is 32.4 Å². The lowest BCUT2D eigenvalue weighted by atomic mass is 10.2. The summed E-state index contributed by atoms with van der Waals surface area (Å²) in [7, 11) is 1.72. The minimum atomic E-state index is -0.670. The highest BCUT2D eigenvalue weighted by atomic mass is 16.2. The molecule has 0 saturated carbocycles. The Labute approximate surface area is 147 Å². The highest BCUT2D eigenvalue weighted by Gasteiger charge is 2.26. The summed E-state index contributed by atoms with van der Waals surface area (Å²) in [6.07, 6.45) is 0.817. The van der Waals surface area contributed by atoms with E-state index in [0.29, 0.717) is 12.4 Å². The Morgan fingerprint density at radius 1 is 1.16 bits per heavy atom. The molecule has 1 aliphatic heterocycles. The molecule has 132 valence electrons. The van der Waals surface area contributed by atoms with Gasteiger partial charge in [0.15, 0.2) is 0 Å². The van der Waals surface area contributed by atoms with Crippen LogP contribution in [0.5, 0.6) is 0 Å². The lowest BCUT2D eigenvalue weighted by molar-refractivity contribution is -0.136. The summed E-state index contributed by atoms with van der Waals surface area (Å²) in [6.45, 7) is 5.44. The number of benzene rings is 1. The van der Waals surface area contributed by atoms with Crippen molar-refractivity contribution in [3.05, 3.63) is 41.6 Å². The molecule has 1 fully saturated rings. The van der Waals surface area contributed by atoms with E-state index < -0.39 is 11.8 Å². The van der Waals surface area contributed by atoms with Crippen LogP contribution >= 0.6 is 0 Å². The summed E-state index contributed by atoms with van der Waals surface area (Å²) in [5.74, 6) is -0.781. The maximum Gasteiger partial charge on any atom is 0.314 e. The van der Waals surface area contributed by atoms with Gasteiger partial charge in [-0.2, -0.15) is 5.10 Å². The van der Waals surface area contributed by atoms with Crippen LogP contribution in [0.3, 0.4) is 0 Å². The molecule has 3 rings (SSSR count). The van der Waals surface area contributed by atoms with Crippen LogP contribution in [0.1, 0.15) is 17.7 Å². The van der Waals surface area contributed by atoms with Gasteiger partial charge in [-0.1, -0.05) is 17.7 Å². The molecule has 2 amide bonds. The molecule has 1 aliphatic rings. The summed E-state index contributed by atoms with van der Waals surface area (Å²) in [4.78, 5) is 26.4. The van der Waals surface area contributed by atoms with Crippen molar-refractivity contribution in [3.63, 3.8) is 0 Å². The summed E-state index contributed by atoms with van der Waals surface area (Å²) in [5, 5.41) is 9.54. The van der Waals surface area contributed by atoms with Crippen molar-refractivity contribution in [2.45, 2.75) is 26.3 Å². The van der Waals surface area contributed by atoms with Gasteiger partial charge in [0, 0.05) is 37.9 Å². The van der Waals surface area contributed by atoms with Gasteiger partial charge in [-0.3, -0.25) is 14.3 Å². The van der Waals surface area contributed by atoms with E-state index in [1.807, 2.05) is 6.92 Å². The topological polar surface area (TPSA) is 79.3 Å². The molecule has 7 heteroatoms. The highest BCUT2D eigenvalue weighted by Crippen LogP contribution is 2.20. The first-order valence-electron chi connectivity index (χ1n) is 8.36. The summed E-state index contributed by atoms with van der Waals surface area (Å²) < 4.78 is 1.54. The Hall–Kier alpha value is -2.83. The first kappa shape index (κ1) is 17.0. The third kappa shape index (κ3) is 3.99. The predicted molar refractivity (Wildman–Crippen MR) is 96.5 cm³/mol. The molecule has 1 aromatic heterocycles. The van der Waals surface area contributed by atoms with Crippen LogP contribution in [0.2, 0.25) is 0 Å². The molecule has 0 spiro atoms. The fraction of sp³-hybridized carbons (Fsp3) is 0.389. The maximum atomic E-state index is 12.1. The van der Waals surface area contributed by atoms with Gasteiger partial charge in [-0.15, -0.1) is 0 Å². The van der Waals surface area contributed by atoms with Gasteiger partial charge in [0.25, 0.3) is 0 Å². The van der Waals surface area contributed by atoms with E-state index in [2.05, 4.69) is 51.8 Å². The number of rotatable bonds is 3. The van der Waals surface area contributed by atoms with Crippen molar-refractivity contribution >= 4 is 23.3 Å². The molecular formula is C18H23N5O2. The number of carbonyl (C=O) groups is 2. The van der Waals surface area contributed by atoms with Crippen LogP contribution in [0.25, 0.3) is 0 Å². The van der Waals surface area contributed by atoms with Crippen LogP contribution < -0.4 is 15.5 Å². The summed E-state index contributed by atoms with van der Waals surface area (Å²) >= 11 is 0. The van der Waals surface area contributed by atoms with Crippen molar-refractivity contribution < 1.29 is 9.59 Å². The molecule has 0 bridgehead atoms. The average Bonchev–Trinajstić information content (AvgIpc) is 3.14. The first-order chi connectivity index (χ1) is 11.9. The zero-order valence-corrected chi connectivity index (χ0v) is 14.7. The molecule has 2 N–H and O–H groups in total. The molecule has 2 aromatic rings. The van der Waals surface area contributed by atoms with E-state index in [1.54, 1.807) is 13.1 Å². The third-order valence-corrected chi connectivity index (χ3v) is 4.37. The Kier molecular flexibility index (Phi) is 4.74. The normalized spacial score (nSPS) is 16.8. The zero-order valence-electron chi connectivity index (χ0n) is 14.7. The number of nitrogens with zero attached hydrogens (tertiary/aromatic N) is 3. The van der Waals surface area contributed by atoms with Crippen molar-refractivity contribution in [1.29, 1.82) is 0 Å². The Morgan fingerprint density at radius 3 is 2.52 bits per heavy atom. The molecule has 1 saturated heterocycles. The lowest BCUT2D eigenvalue weighted by Crippen LogP contribution is -2.43. The van der Waals surface area contributed by atoms with Crippen LogP contribution in [0.15, 0.2) is 30.3 Å². The van der Waals surface area contributed by atoms with E-state index in [1.165, 1.54) is 10.2 Å². The van der Waals surface area contributed by atoms with Crippen molar-refractivity contribution in [1.82, 2.24) is 15.1 Å². The van der Waals surface area contributed by atoms with Gasteiger partial charge in [0.05, 0.1) is 5.69 Å². The standard InChI is InChI=1S/C18H23N5O2/c1-12-4-6-15(7-5-12)23-9-8-14(11-23)19-17(24)18(25)20-16-10-13(2)21-22(16)3/h4-7,10,14H,8-9,11H2,1-3H3,(H,19,24)(H,20,25)/t14-/m1/s1. The second-order valence-electron chi connectivity index (χ2n) is 6.49. The zero-order chi connectivity index (χ0) is 18.0. The number of aryl methyl sites for hydroxylation is 3. The van der Waals surface area contributed by atoms with Crippen molar-refractivity contribution in [2.24, 2.45) is 7.05 Å². The fourth-order valence-electron chi connectivity index (χ4n) is 3.02. The molecule has 0 unspecified atom stereocenters. The van der Waals surface area contributed by atoms with Crippen LogP contribution in [0, 0.1) is 13.8 Å². The smallest absolute Gasteiger partial charge is 0.314 e. The summed E-state index contributed by atoms with van der Waals surface area (Å²) in [5.41, 5.74) is 3.13. The van der Waals surface area contributed by atoms with E-state index >= 15 is 0 Å². The number of amides is 2. The monoisotopic (exact) mass is 341 g/mol. The van der Waals surface area contributed by atoms with Gasteiger partial charge in [-0.25, -0.2) is 0 Å². The van der Waals surface area contributed by atoms with Crippen LogP contribution in [-0.4, -0.2) is 40.7 Å². The SMILES string of the molecule is Cc1ccc(N2CC[C@@H](NC(=O)C(=O)Nc3cc(C)nn3C)C2)cc1. The fourth-order valence-corrected chi connectivity index (χ4v) is 3.02. The maximum absolute atomic E-state index is 12.1. The molecule has 25 heavy (non-hydrogen) atoms. The number of hydrogen-bond acceptors (Lipinski definition) is 4. The highest BCUT2D eigenvalue weighted by molar-refractivity contribution is 6.39. The van der Waals surface area contributed by atoms with E-state index in [-0.39, 0.29) is 6.04 Å². The van der Waals surface area contributed by atoms with Crippen LogP contribution in [0.4, 0.5) is 11.5 Å². The molecule has 0 radical (unpaired) electrons. The first-order valence-corrected chi connectivity index (χ1v) is 8.36. The van der Waals surface area contributed by atoms with Gasteiger partial charge >= 0.3 is 11.8 Å².